The van der Waals surface area contributed by atoms with Crippen LogP contribution in [0.5, 0.6) is 0 Å². The molecule has 1 aromatic rings. The smallest absolute Gasteiger partial charge is 0.254 e. The van der Waals surface area contributed by atoms with Gasteiger partial charge < -0.3 is 4.90 Å². The van der Waals surface area contributed by atoms with Crippen LogP contribution in [0.15, 0.2) is 23.3 Å². The third-order valence-electron chi connectivity index (χ3n) is 4.37. The van der Waals surface area contributed by atoms with Crippen molar-refractivity contribution >= 4 is 17.8 Å². The fourth-order valence-electron chi connectivity index (χ4n) is 3.48. The molecular formula is C18H24N4O. The highest BCUT2D eigenvalue weighted by atomic mass is 16.2. The van der Waals surface area contributed by atoms with Crippen LogP contribution in [0.25, 0.3) is 0 Å². The first-order chi connectivity index (χ1) is 10.9. The van der Waals surface area contributed by atoms with E-state index in [1.807, 2.05) is 6.07 Å². The van der Waals surface area contributed by atoms with Gasteiger partial charge in [0.05, 0.1) is 12.3 Å². The Labute approximate surface area is 138 Å². The van der Waals surface area contributed by atoms with Crippen LogP contribution in [0.1, 0.15) is 57.6 Å². The van der Waals surface area contributed by atoms with Gasteiger partial charge >= 0.3 is 0 Å². The summed E-state index contributed by atoms with van der Waals surface area (Å²) in [6, 6.07) is 8.07. The van der Waals surface area contributed by atoms with E-state index in [0.717, 1.165) is 18.5 Å². The summed E-state index contributed by atoms with van der Waals surface area (Å²) < 4.78 is 0. The lowest BCUT2D eigenvalue weighted by Gasteiger charge is -2.47. The Bertz CT molecular complexity index is 657. The first kappa shape index (κ1) is 17.0. The third-order valence-corrected chi connectivity index (χ3v) is 4.37. The minimum atomic E-state index is -0.394. The molecule has 23 heavy (non-hydrogen) atoms. The minimum Gasteiger partial charge on any atom is -0.366 e. The number of fused-ring (bicyclic) bond motifs is 1. The number of hydrogen-bond donors (Lipinski definition) is 1. The van der Waals surface area contributed by atoms with Gasteiger partial charge in [-0.05, 0) is 56.4 Å². The van der Waals surface area contributed by atoms with Gasteiger partial charge in [0.15, 0.2) is 0 Å². The van der Waals surface area contributed by atoms with Gasteiger partial charge in [-0.1, -0.05) is 13.0 Å². The van der Waals surface area contributed by atoms with E-state index in [9.17, 15) is 4.79 Å². The van der Waals surface area contributed by atoms with Crippen molar-refractivity contribution in [3.63, 3.8) is 0 Å². The van der Waals surface area contributed by atoms with Crippen molar-refractivity contribution in [1.82, 2.24) is 5.43 Å². The van der Waals surface area contributed by atoms with Gasteiger partial charge in [-0.2, -0.15) is 10.4 Å². The lowest BCUT2D eigenvalue weighted by Crippen LogP contribution is -2.48. The van der Waals surface area contributed by atoms with E-state index in [1.165, 1.54) is 11.3 Å². The highest BCUT2D eigenvalue weighted by Crippen LogP contribution is 2.43. The molecule has 1 atom stereocenters. The Morgan fingerprint density at radius 2 is 2.30 bits per heavy atom. The molecule has 5 nitrogen and oxygen atoms in total. The molecule has 1 N–H and O–H groups in total. The number of nitriles is 1. The van der Waals surface area contributed by atoms with Crippen LogP contribution in [0.3, 0.4) is 0 Å². The molecule has 5 heteroatoms. The molecule has 122 valence electrons. The summed E-state index contributed by atoms with van der Waals surface area (Å²) in [5.41, 5.74) is 6.05. The Kier molecular flexibility index (Phi) is 5.05. The lowest BCUT2D eigenvalue weighted by atomic mass is 9.79. The molecular weight excluding hydrogens is 288 g/mol. The molecule has 0 radical (unpaired) electrons. The van der Waals surface area contributed by atoms with Crippen LogP contribution in [0.2, 0.25) is 0 Å². The van der Waals surface area contributed by atoms with E-state index >= 15 is 0 Å². The number of amides is 1. The van der Waals surface area contributed by atoms with Crippen molar-refractivity contribution in [3.8, 4) is 6.07 Å². The summed E-state index contributed by atoms with van der Waals surface area (Å²) in [7, 11) is 0. The fraction of sp³-hybridized carbons (Fsp3) is 0.500. The maximum absolute atomic E-state index is 11.2. The molecule has 1 aromatic carbocycles. The summed E-state index contributed by atoms with van der Waals surface area (Å²) in [5.74, 6) is 0.0818. The second-order valence-electron chi connectivity index (χ2n) is 6.61. The van der Waals surface area contributed by atoms with E-state index in [0.29, 0.717) is 5.92 Å². The van der Waals surface area contributed by atoms with Gasteiger partial charge in [-0.25, -0.2) is 5.43 Å². The molecule has 0 spiro atoms. The highest BCUT2D eigenvalue weighted by molar-refractivity contribution is 5.84. The average Bonchev–Trinajstić information content (AvgIpc) is 2.47. The predicted molar refractivity (Wildman–Crippen MR) is 92.5 cm³/mol. The Balaban J connectivity index is 2.23. The molecule has 0 unspecified atom stereocenters. The summed E-state index contributed by atoms with van der Waals surface area (Å²) in [4.78, 5) is 13.7. The molecule has 0 bridgehead atoms. The van der Waals surface area contributed by atoms with Gasteiger partial charge in [0.25, 0.3) is 5.91 Å². The normalized spacial score (nSPS) is 19.3. The van der Waals surface area contributed by atoms with E-state index in [-0.39, 0.29) is 12.0 Å². The van der Waals surface area contributed by atoms with Crippen LogP contribution >= 0.6 is 0 Å². The number of anilines is 1. The molecule has 2 rings (SSSR count). The standard InChI is InChI=1S/C18H24N4O/c1-5-22-16-7-6-14(12-20-21-17(23)8-9-19)10-15(16)13(2)11-18(22,3)4/h6-7,10,12-13H,5,8,11H2,1-4H3,(H,21,23)/b20-12-/t13-/m0/s1. The minimum absolute atomic E-state index is 0.155. The number of benzene rings is 1. The largest absolute Gasteiger partial charge is 0.366 e. The lowest BCUT2D eigenvalue weighted by molar-refractivity contribution is -0.120. The van der Waals surface area contributed by atoms with Gasteiger partial charge in [0.1, 0.15) is 6.42 Å². The number of hydrazone groups is 1. The van der Waals surface area contributed by atoms with Crippen molar-refractivity contribution in [1.29, 1.82) is 5.26 Å². The number of nitrogens with zero attached hydrogens (tertiary/aromatic N) is 3. The van der Waals surface area contributed by atoms with Crippen molar-refractivity contribution in [2.45, 2.75) is 52.0 Å². The Hall–Kier alpha value is -2.35. The summed E-state index contributed by atoms with van der Waals surface area (Å²) in [6.45, 7) is 9.99. The van der Waals surface area contributed by atoms with Crippen LogP contribution in [0, 0.1) is 11.3 Å². The molecule has 0 fully saturated rings. The molecule has 1 aliphatic heterocycles. The zero-order chi connectivity index (χ0) is 17.0. The maximum Gasteiger partial charge on any atom is 0.254 e. The first-order valence-corrected chi connectivity index (χ1v) is 7.99. The third kappa shape index (κ3) is 3.70. The van der Waals surface area contributed by atoms with Crippen LogP contribution in [0.4, 0.5) is 5.69 Å². The number of carbonyl (C=O) groups is 1. The Morgan fingerprint density at radius 1 is 1.57 bits per heavy atom. The van der Waals surface area contributed by atoms with E-state index in [1.54, 1.807) is 12.3 Å². The average molecular weight is 312 g/mol. The van der Waals surface area contributed by atoms with Crippen LogP contribution in [-0.2, 0) is 4.79 Å². The van der Waals surface area contributed by atoms with Crippen LogP contribution in [-0.4, -0.2) is 24.2 Å². The fourth-order valence-corrected chi connectivity index (χ4v) is 3.48. The highest BCUT2D eigenvalue weighted by Gasteiger charge is 2.35. The number of carbonyl (C=O) groups excluding carboxylic acids is 1. The molecule has 0 saturated heterocycles. The van der Waals surface area contributed by atoms with Gasteiger partial charge in [0.2, 0.25) is 0 Å². The van der Waals surface area contributed by atoms with E-state index in [2.05, 4.69) is 55.3 Å². The molecule has 1 heterocycles. The summed E-state index contributed by atoms with van der Waals surface area (Å²) in [6.07, 6.45) is 2.55. The van der Waals surface area contributed by atoms with E-state index in [4.69, 9.17) is 5.26 Å². The molecule has 1 amide bonds. The zero-order valence-corrected chi connectivity index (χ0v) is 14.3. The second-order valence-corrected chi connectivity index (χ2v) is 6.61. The maximum atomic E-state index is 11.2. The van der Waals surface area contributed by atoms with Crippen LogP contribution < -0.4 is 10.3 Å². The topological polar surface area (TPSA) is 68.5 Å². The zero-order valence-electron chi connectivity index (χ0n) is 14.3. The molecule has 0 aliphatic carbocycles. The SMILES string of the molecule is CCN1c2ccc(/C=N\NC(=O)CC#N)cc2[C@@H](C)CC1(C)C. The predicted octanol–water partition coefficient (Wildman–Crippen LogP) is 3.16. The van der Waals surface area contributed by atoms with Crippen molar-refractivity contribution in [3.05, 3.63) is 29.3 Å². The number of hydrogen-bond acceptors (Lipinski definition) is 4. The monoisotopic (exact) mass is 312 g/mol. The molecule has 1 aliphatic rings. The summed E-state index contributed by atoms with van der Waals surface area (Å²) in [5, 5.41) is 12.4. The summed E-state index contributed by atoms with van der Waals surface area (Å²) >= 11 is 0. The molecule has 0 saturated carbocycles. The van der Waals surface area contributed by atoms with Crippen molar-refractivity contribution in [2.75, 3.05) is 11.4 Å². The number of rotatable bonds is 4. The second kappa shape index (κ2) is 6.82. The van der Waals surface area contributed by atoms with Gasteiger partial charge in [-0.3, -0.25) is 4.79 Å². The Morgan fingerprint density at radius 3 is 2.96 bits per heavy atom. The van der Waals surface area contributed by atoms with Gasteiger partial charge in [0, 0.05) is 17.8 Å². The first-order valence-electron chi connectivity index (χ1n) is 7.99. The van der Waals surface area contributed by atoms with Crippen molar-refractivity contribution in [2.24, 2.45) is 5.10 Å². The van der Waals surface area contributed by atoms with Gasteiger partial charge in [-0.15, -0.1) is 0 Å². The van der Waals surface area contributed by atoms with E-state index < -0.39 is 5.91 Å². The molecule has 0 aromatic heterocycles. The number of nitrogens with one attached hydrogen (secondary N) is 1. The van der Waals surface area contributed by atoms with Crippen molar-refractivity contribution < 1.29 is 4.79 Å². The quantitative estimate of drug-likeness (QED) is 0.686.